The van der Waals surface area contributed by atoms with Crippen LogP contribution in [-0.4, -0.2) is 31.0 Å². The van der Waals surface area contributed by atoms with Crippen molar-refractivity contribution in [2.24, 2.45) is 0 Å². The van der Waals surface area contributed by atoms with Gasteiger partial charge in [-0.2, -0.15) is 0 Å². The maximum absolute atomic E-state index is 10.0. The number of benzene rings is 2. The quantitative estimate of drug-likeness (QED) is 0.912. The predicted octanol–water partition coefficient (Wildman–Crippen LogP) is 2.83. The van der Waals surface area contributed by atoms with E-state index in [0.717, 1.165) is 16.9 Å². The number of phenolic OH excluding ortho intramolecular Hbond substituents is 2. The Labute approximate surface area is 128 Å². The summed E-state index contributed by atoms with van der Waals surface area (Å²) in [6.07, 6.45) is 0.681. The van der Waals surface area contributed by atoms with Gasteiger partial charge in [0.25, 0.3) is 0 Å². The van der Waals surface area contributed by atoms with Crippen LogP contribution in [0.2, 0.25) is 0 Å². The molecule has 1 aliphatic heterocycles. The van der Waals surface area contributed by atoms with Gasteiger partial charge in [-0.15, -0.1) is 0 Å². The number of aromatic hydroxyl groups is 2. The highest BCUT2D eigenvalue weighted by Gasteiger charge is 2.27. The zero-order valence-corrected chi connectivity index (χ0v) is 12.5. The summed E-state index contributed by atoms with van der Waals surface area (Å²) in [5.41, 5.74) is 1.70. The lowest BCUT2D eigenvalue weighted by Gasteiger charge is -2.27. The van der Waals surface area contributed by atoms with Gasteiger partial charge in [0.15, 0.2) is 0 Å². The first kappa shape index (κ1) is 14.4. The lowest BCUT2D eigenvalue weighted by molar-refractivity contribution is 0.252. The van der Waals surface area contributed by atoms with Crippen molar-refractivity contribution in [1.29, 1.82) is 0 Å². The molecule has 5 nitrogen and oxygen atoms in total. The first-order valence-electron chi connectivity index (χ1n) is 7.02. The summed E-state index contributed by atoms with van der Waals surface area (Å²) in [5, 5.41) is 19.4. The van der Waals surface area contributed by atoms with Crippen LogP contribution in [0.1, 0.15) is 17.0 Å². The van der Waals surface area contributed by atoms with Crippen molar-refractivity contribution >= 4 is 0 Å². The van der Waals surface area contributed by atoms with Crippen molar-refractivity contribution in [2.45, 2.75) is 12.3 Å². The van der Waals surface area contributed by atoms with E-state index in [1.807, 2.05) is 12.1 Å². The molecule has 0 amide bonds. The van der Waals surface area contributed by atoms with Crippen molar-refractivity contribution < 1.29 is 24.4 Å². The van der Waals surface area contributed by atoms with E-state index in [1.165, 1.54) is 6.07 Å². The van der Waals surface area contributed by atoms with Crippen LogP contribution in [0.15, 0.2) is 30.3 Å². The largest absolute Gasteiger partial charge is 0.508 e. The summed E-state index contributed by atoms with van der Waals surface area (Å²) in [5.74, 6) is 2.24. The molecule has 3 rings (SSSR count). The first-order valence-corrected chi connectivity index (χ1v) is 7.02. The zero-order chi connectivity index (χ0) is 15.7. The monoisotopic (exact) mass is 302 g/mol. The van der Waals surface area contributed by atoms with Gasteiger partial charge in [0, 0.05) is 35.2 Å². The van der Waals surface area contributed by atoms with Crippen LogP contribution in [0.3, 0.4) is 0 Å². The maximum atomic E-state index is 10.0. The van der Waals surface area contributed by atoms with Crippen LogP contribution in [0.5, 0.6) is 28.7 Å². The van der Waals surface area contributed by atoms with E-state index in [1.54, 1.807) is 26.4 Å². The Morgan fingerprint density at radius 3 is 2.59 bits per heavy atom. The van der Waals surface area contributed by atoms with Gasteiger partial charge >= 0.3 is 0 Å². The Bertz CT molecular complexity index is 678. The Balaban J connectivity index is 1.96. The summed E-state index contributed by atoms with van der Waals surface area (Å²) in [6, 6.07) is 8.29. The van der Waals surface area contributed by atoms with Gasteiger partial charge in [-0.25, -0.2) is 0 Å². The smallest absolute Gasteiger partial charge is 0.129 e. The van der Waals surface area contributed by atoms with E-state index >= 15 is 0 Å². The Kier molecular flexibility index (Phi) is 3.71. The average molecular weight is 302 g/mol. The topological polar surface area (TPSA) is 68.2 Å². The molecule has 2 N–H and O–H groups in total. The second kappa shape index (κ2) is 5.67. The zero-order valence-electron chi connectivity index (χ0n) is 12.5. The van der Waals surface area contributed by atoms with Crippen molar-refractivity contribution in [3.05, 3.63) is 41.5 Å². The minimum atomic E-state index is -0.00426. The van der Waals surface area contributed by atoms with Gasteiger partial charge in [0.1, 0.15) is 28.7 Å². The molecule has 0 aliphatic carbocycles. The number of methoxy groups -OCH3 is 2. The van der Waals surface area contributed by atoms with Gasteiger partial charge in [0.2, 0.25) is 0 Å². The van der Waals surface area contributed by atoms with Crippen molar-refractivity contribution in [1.82, 2.24) is 0 Å². The van der Waals surface area contributed by atoms with Crippen molar-refractivity contribution in [3.8, 4) is 28.7 Å². The average Bonchev–Trinajstić information content (AvgIpc) is 2.53. The normalized spacial score (nSPS) is 16.5. The molecule has 2 aromatic rings. The molecule has 1 aliphatic rings. The molecule has 22 heavy (non-hydrogen) atoms. The fourth-order valence-corrected chi connectivity index (χ4v) is 2.80. The molecule has 0 saturated carbocycles. The number of rotatable bonds is 3. The fraction of sp³-hybridized carbons (Fsp3) is 0.294. The number of fused-ring (bicyclic) bond motifs is 1. The third-order valence-electron chi connectivity index (χ3n) is 3.94. The van der Waals surface area contributed by atoms with Gasteiger partial charge in [-0.1, -0.05) is 6.07 Å². The van der Waals surface area contributed by atoms with Gasteiger partial charge in [0.05, 0.1) is 20.8 Å². The minimum absolute atomic E-state index is 0.00426. The summed E-state index contributed by atoms with van der Waals surface area (Å²) in [6.45, 7) is 0.446. The molecule has 0 radical (unpaired) electrons. The second-order valence-electron chi connectivity index (χ2n) is 5.26. The maximum Gasteiger partial charge on any atom is 0.129 e. The molecular weight excluding hydrogens is 284 g/mol. The van der Waals surface area contributed by atoms with Gasteiger partial charge in [-0.05, 0) is 12.5 Å². The molecular formula is C17H18O5. The summed E-state index contributed by atoms with van der Waals surface area (Å²) < 4.78 is 16.5. The molecule has 0 spiro atoms. The van der Waals surface area contributed by atoms with Crippen molar-refractivity contribution in [2.75, 3.05) is 20.8 Å². The number of hydrogen-bond donors (Lipinski definition) is 2. The van der Waals surface area contributed by atoms with E-state index in [0.29, 0.717) is 24.5 Å². The summed E-state index contributed by atoms with van der Waals surface area (Å²) in [4.78, 5) is 0. The van der Waals surface area contributed by atoms with E-state index in [2.05, 4.69) is 0 Å². The van der Waals surface area contributed by atoms with Gasteiger partial charge in [-0.3, -0.25) is 0 Å². The SMILES string of the molecule is COc1cc(OC)c2c(c1)OC[C@@H](c1ccc(O)cc1O)C2. The molecule has 1 heterocycles. The highest BCUT2D eigenvalue weighted by Crippen LogP contribution is 2.42. The lowest BCUT2D eigenvalue weighted by Crippen LogP contribution is -2.20. The molecule has 2 aromatic carbocycles. The van der Waals surface area contributed by atoms with Crippen LogP contribution < -0.4 is 14.2 Å². The Morgan fingerprint density at radius 2 is 1.91 bits per heavy atom. The highest BCUT2D eigenvalue weighted by molar-refractivity contribution is 5.53. The van der Waals surface area contributed by atoms with E-state index in [9.17, 15) is 10.2 Å². The van der Waals surface area contributed by atoms with Crippen LogP contribution in [0.25, 0.3) is 0 Å². The molecule has 1 atom stereocenters. The van der Waals surface area contributed by atoms with Crippen molar-refractivity contribution in [3.63, 3.8) is 0 Å². The van der Waals surface area contributed by atoms with Crippen LogP contribution in [0.4, 0.5) is 0 Å². The summed E-state index contributed by atoms with van der Waals surface area (Å²) >= 11 is 0. The fourth-order valence-electron chi connectivity index (χ4n) is 2.80. The first-order chi connectivity index (χ1) is 10.6. The highest BCUT2D eigenvalue weighted by atomic mass is 16.5. The Hall–Kier alpha value is -2.56. The molecule has 0 unspecified atom stereocenters. The van der Waals surface area contributed by atoms with E-state index in [-0.39, 0.29) is 17.4 Å². The van der Waals surface area contributed by atoms with Crippen LogP contribution in [-0.2, 0) is 6.42 Å². The number of ether oxygens (including phenoxy) is 3. The second-order valence-corrected chi connectivity index (χ2v) is 5.26. The Morgan fingerprint density at radius 1 is 1.09 bits per heavy atom. The van der Waals surface area contributed by atoms with Crippen LogP contribution >= 0.6 is 0 Å². The van der Waals surface area contributed by atoms with E-state index < -0.39 is 0 Å². The van der Waals surface area contributed by atoms with Gasteiger partial charge < -0.3 is 24.4 Å². The summed E-state index contributed by atoms with van der Waals surface area (Å²) in [7, 11) is 3.21. The molecule has 0 saturated heterocycles. The molecule has 5 heteroatoms. The third kappa shape index (κ3) is 2.50. The predicted molar refractivity (Wildman–Crippen MR) is 81.3 cm³/mol. The standard InChI is InChI=1S/C17H18O5/c1-20-12-7-16(21-2)14-5-10(9-22-17(14)8-12)13-4-3-11(18)6-15(13)19/h3-4,6-8,10,18-19H,5,9H2,1-2H3/t10-/m0/s1. The third-order valence-corrected chi connectivity index (χ3v) is 3.94. The number of phenols is 2. The van der Waals surface area contributed by atoms with Crippen LogP contribution in [0, 0.1) is 0 Å². The molecule has 0 fully saturated rings. The molecule has 116 valence electrons. The molecule has 0 aromatic heterocycles. The number of hydrogen-bond acceptors (Lipinski definition) is 5. The molecule has 0 bridgehead atoms. The van der Waals surface area contributed by atoms with E-state index in [4.69, 9.17) is 14.2 Å². The lowest BCUT2D eigenvalue weighted by atomic mass is 9.89. The minimum Gasteiger partial charge on any atom is -0.508 e.